The highest BCUT2D eigenvalue weighted by molar-refractivity contribution is 6.33. The number of anilines is 1. The zero-order chi connectivity index (χ0) is 31.1. The zero-order valence-electron chi connectivity index (χ0n) is 24.9. The minimum absolute atomic E-state index is 0.00521. The van der Waals surface area contributed by atoms with Crippen LogP contribution >= 0.6 is 11.6 Å². The monoisotopic (exact) mass is 601 g/mol. The van der Waals surface area contributed by atoms with Crippen molar-refractivity contribution in [2.24, 2.45) is 11.1 Å². The third kappa shape index (κ3) is 6.83. The third-order valence-corrected chi connectivity index (χ3v) is 7.40. The summed E-state index contributed by atoms with van der Waals surface area (Å²) in [5.41, 5.74) is 5.99. The Kier molecular flexibility index (Phi) is 8.55. The fourth-order valence-corrected chi connectivity index (χ4v) is 5.49. The Hall–Kier alpha value is -3.73. The number of Topliss-reactive ketones (excluding diaryl/α,β-unsaturated/α-hetero) is 1. The second-order valence-electron chi connectivity index (χ2n) is 12.9. The first-order valence-corrected chi connectivity index (χ1v) is 14.2. The number of nitrogens with two attached hydrogens (primary N) is 1. The third-order valence-electron chi connectivity index (χ3n) is 7.04. The molecule has 0 aliphatic heterocycles. The molecule has 0 unspecified atom stereocenters. The van der Waals surface area contributed by atoms with Gasteiger partial charge in [0.25, 0.3) is 5.91 Å². The molecule has 1 fully saturated rings. The van der Waals surface area contributed by atoms with Crippen molar-refractivity contribution in [3.63, 3.8) is 0 Å². The van der Waals surface area contributed by atoms with E-state index in [4.69, 9.17) is 26.6 Å². The first-order valence-electron chi connectivity index (χ1n) is 13.8. The maximum Gasteiger partial charge on any atom is 0.413 e. The number of amides is 2. The lowest BCUT2D eigenvalue weighted by molar-refractivity contribution is -0.118. The van der Waals surface area contributed by atoms with Gasteiger partial charge in [0.15, 0.2) is 0 Å². The molecule has 1 aromatic carbocycles. The van der Waals surface area contributed by atoms with E-state index in [9.17, 15) is 14.4 Å². The number of nitrogens with one attached hydrogen (secondary N) is 1. The van der Waals surface area contributed by atoms with E-state index in [1.54, 1.807) is 40.7 Å². The molecule has 2 heterocycles. The normalized spacial score (nSPS) is 15.0. The van der Waals surface area contributed by atoms with Crippen LogP contribution < -0.4 is 11.1 Å². The molecule has 42 heavy (non-hydrogen) atoms. The van der Waals surface area contributed by atoms with Crippen LogP contribution in [0.5, 0.6) is 0 Å². The Balaban J connectivity index is 1.57. The van der Waals surface area contributed by atoms with Crippen LogP contribution in [0.2, 0.25) is 5.02 Å². The van der Waals surface area contributed by atoms with E-state index in [0.29, 0.717) is 11.7 Å². The van der Waals surface area contributed by atoms with Crippen LogP contribution in [0, 0.1) is 11.2 Å². The molecular formula is C30H37ClFN5O5. The molecule has 0 radical (unpaired) electrons. The number of hydrogen-bond donors (Lipinski definition) is 2. The quantitative estimate of drug-likeness (QED) is 0.281. The van der Waals surface area contributed by atoms with Crippen LogP contribution in [0.4, 0.5) is 15.0 Å². The topological polar surface area (TPSA) is 142 Å². The number of carbonyl (C=O) groups excluding carboxylic acids is 3. The van der Waals surface area contributed by atoms with E-state index in [1.165, 1.54) is 16.8 Å². The van der Waals surface area contributed by atoms with Crippen molar-refractivity contribution in [2.75, 3.05) is 5.32 Å². The molecule has 2 aromatic heterocycles. The summed E-state index contributed by atoms with van der Waals surface area (Å²) in [4.78, 5) is 37.9. The molecule has 1 saturated carbocycles. The fourth-order valence-electron chi connectivity index (χ4n) is 5.22. The van der Waals surface area contributed by atoms with Crippen molar-refractivity contribution in [3.8, 4) is 11.3 Å². The molecule has 0 saturated heterocycles. The molecule has 226 valence electrons. The zero-order valence-corrected chi connectivity index (χ0v) is 25.7. The Morgan fingerprint density at radius 3 is 2.48 bits per heavy atom. The summed E-state index contributed by atoms with van der Waals surface area (Å²) in [7, 11) is 0. The van der Waals surface area contributed by atoms with Crippen molar-refractivity contribution < 1.29 is 28.0 Å². The Morgan fingerprint density at radius 1 is 1.24 bits per heavy atom. The van der Waals surface area contributed by atoms with Gasteiger partial charge in [-0.1, -0.05) is 42.7 Å². The molecule has 4 rings (SSSR count). The number of aromatic nitrogens is 3. The van der Waals surface area contributed by atoms with E-state index in [2.05, 4.69) is 29.4 Å². The molecule has 2 amide bonds. The van der Waals surface area contributed by atoms with E-state index < -0.39 is 23.4 Å². The number of nitrogens with zero attached hydrogens (tertiary/aromatic N) is 3. The summed E-state index contributed by atoms with van der Waals surface area (Å²) in [6.07, 6.45) is 0.932. The van der Waals surface area contributed by atoms with Gasteiger partial charge in [-0.2, -0.15) is 5.10 Å². The maximum atomic E-state index is 15.5. The minimum Gasteiger partial charge on any atom is -0.444 e. The average molecular weight is 602 g/mol. The maximum absolute atomic E-state index is 15.5. The summed E-state index contributed by atoms with van der Waals surface area (Å²) in [5, 5.41) is 10.8. The number of hydrogen-bond acceptors (Lipinski definition) is 7. The van der Waals surface area contributed by atoms with Crippen molar-refractivity contribution in [1.29, 1.82) is 0 Å². The predicted octanol–water partition coefficient (Wildman–Crippen LogP) is 6.62. The van der Waals surface area contributed by atoms with Crippen LogP contribution in [-0.2, 0) is 22.4 Å². The molecule has 12 heteroatoms. The van der Waals surface area contributed by atoms with Crippen LogP contribution in [-0.4, -0.2) is 38.3 Å². The molecule has 3 N–H and O–H groups in total. The summed E-state index contributed by atoms with van der Waals surface area (Å²) < 4.78 is 27.6. The standard InChI is InChI=1S/C30H37ClFN5O5/c1-15(2)37-27(34-28(40)41-29(3,4)5)22(26(33)39)25(35-37)20-9-8-16(24(32)23(20)31)10-18(38)11-19-12-21(36-42-19)17-13-30(6,7)14-17/h8-9,12,15,17H,10-11,13-14H2,1-7H3,(H2,33,39)(H,34,40). The molecule has 1 aliphatic carbocycles. The summed E-state index contributed by atoms with van der Waals surface area (Å²) in [5.74, 6) is -1.27. The van der Waals surface area contributed by atoms with Crippen molar-refractivity contribution in [3.05, 3.63) is 51.6 Å². The van der Waals surface area contributed by atoms with Gasteiger partial charge in [0, 0.05) is 30.0 Å². The molecular weight excluding hydrogens is 565 g/mol. The number of primary amides is 1. The van der Waals surface area contributed by atoms with Crippen molar-refractivity contribution in [1.82, 2.24) is 14.9 Å². The number of halogens is 2. The number of carbonyl (C=O) groups is 3. The van der Waals surface area contributed by atoms with Gasteiger partial charge >= 0.3 is 6.09 Å². The Bertz CT molecular complexity index is 1530. The highest BCUT2D eigenvalue weighted by atomic mass is 35.5. The van der Waals surface area contributed by atoms with Gasteiger partial charge in [0.1, 0.15) is 40.0 Å². The second kappa shape index (κ2) is 11.5. The molecule has 3 aromatic rings. The molecule has 0 bridgehead atoms. The first kappa shape index (κ1) is 31.2. The van der Waals surface area contributed by atoms with Crippen molar-refractivity contribution in [2.45, 2.75) is 91.7 Å². The van der Waals surface area contributed by atoms with E-state index in [-0.39, 0.29) is 63.3 Å². The van der Waals surface area contributed by atoms with Gasteiger partial charge < -0.3 is 15.0 Å². The summed E-state index contributed by atoms with van der Waals surface area (Å²) in [6.45, 7) is 13.0. The van der Waals surface area contributed by atoms with Gasteiger partial charge in [-0.05, 0) is 58.4 Å². The van der Waals surface area contributed by atoms with Gasteiger partial charge in [-0.25, -0.2) is 13.9 Å². The van der Waals surface area contributed by atoms with Gasteiger partial charge in [0.05, 0.1) is 17.1 Å². The van der Waals surface area contributed by atoms with E-state index >= 15 is 4.39 Å². The lowest BCUT2D eigenvalue weighted by atomic mass is 9.63. The molecule has 0 atom stereocenters. The summed E-state index contributed by atoms with van der Waals surface area (Å²) >= 11 is 6.44. The van der Waals surface area contributed by atoms with Gasteiger partial charge in [0.2, 0.25) is 0 Å². The van der Waals surface area contributed by atoms with Crippen LogP contribution in [0.3, 0.4) is 0 Å². The average Bonchev–Trinajstić information content (AvgIpc) is 3.44. The number of ether oxygens (including phenoxy) is 1. The van der Waals surface area contributed by atoms with Crippen LogP contribution in [0.25, 0.3) is 11.3 Å². The first-order chi connectivity index (χ1) is 19.5. The van der Waals surface area contributed by atoms with Gasteiger partial charge in [-0.15, -0.1) is 0 Å². The predicted molar refractivity (Wildman–Crippen MR) is 156 cm³/mol. The van der Waals surface area contributed by atoms with E-state index in [1.807, 2.05) is 0 Å². The number of benzene rings is 1. The Labute approximate surface area is 249 Å². The van der Waals surface area contributed by atoms with Crippen molar-refractivity contribution >= 4 is 35.2 Å². The molecule has 1 aliphatic rings. The smallest absolute Gasteiger partial charge is 0.413 e. The molecule has 0 spiro atoms. The minimum atomic E-state index is -0.907. The van der Waals surface area contributed by atoms with Gasteiger partial charge in [-0.3, -0.25) is 14.9 Å². The lowest BCUT2D eigenvalue weighted by Gasteiger charge is -2.41. The summed E-state index contributed by atoms with van der Waals surface area (Å²) in [6, 6.07) is 4.35. The highest BCUT2D eigenvalue weighted by Crippen LogP contribution is 2.50. The van der Waals surface area contributed by atoms with Crippen LogP contribution in [0.1, 0.15) is 101 Å². The highest BCUT2D eigenvalue weighted by Gasteiger charge is 2.38. The second-order valence-corrected chi connectivity index (χ2v) is 13.3. The lowest BCUT2D eigenvalue weighted by Crippen LogP contribution is -2.29. The fraction of sp³-hybridized carbons (Fsp3) is 0.500. The Morgan fingerprint density at radius 2 is 1.90 bits per heavy atom. The number of ketones is 1. The largest absolute Gasteiger partial charge is 0.444 e. The van der Waals surface area contributed by atoms with Crippen LogP contribution in [0.15, 0.2) is 22.7 Å². The SMILES string of the molecule is CC(C)n1nc(-c2ccc(CC(=O)Cc3cc(C4CC(C)(C)C4)no3)c(F)c2Cl)c(C(N)=O)c1NC(=O)OC(C)(C)C. The van der Waals surface area contributed by atoms with E-state index in [0.717, 1.165) is 18.5 Å². The number of rotatable bonds is 9. The molecule has 10 nitrogen and oxygen atoms in total.